The lowest BCUT2D eigenvalue weighted by Crippen LogP contribution is -2.29. The summed E-state index contributed by atoms with van der Waals surface area (Å²) in [6.07, 6.45) is 3.19. The second kappa shape index (κ2) is 7.28. The van der Waals surface area contributed by atoms with Gasteiger partial charge in [0.1, 0.15) is 35.8 Å². The summed E-state index contributed by atoms with van der Waals surface area (Å²) in [7, 11) is 0. The van der Waals surface area contributed by atoms with E-state index in [1.54, 1.807) is 17.8 Å². The predicted molar refractivity (Wildman–Crippen MR) is 118 cm³/mol. The fourth-order valence-corrected chi connectivity index (χ4v) is 4.76. The van der Waals surface area contributed by atoms with E-state index in [9.17, 15) is 10.2 Å². The number of anilines is 2. The van der Waals surface area contributed by atoms with Crippen LogP contribution in [-0.4, -0.2) is 47.7 Å². The van der Waals surface area contributed by atoms with Crippen LogP contribution in [0.3, 0.4) is 0 Å². The van der Waals surface area contributed by atoms with Gasteiger partial charge in [-0.05, 0) is 35.9 Å². The number of aliphatic hydroxyl groups excluding tert-OH is 2. The van der Waals surface area contributed by atoms with E-state index in [0.717, 1.165) is 26.8 Å². The quantitative estimate of drug-likeness (QED) is 0.291. The lowest BCUT2D eigenvalue weighted by Gasteiger charge is -2.19. The molecular formula is C21H20N6O2S. The number of hydrogen-bond acceptors (Lipinski definition) is 8. The van der Waals surface area contributed by atoms with E-state index < -0.39 is 18.2 Å². The summed E-state index contributed by atoms with van der Waals surface area (Å²) >= 11 is 1.57. The maximum absolute atomic E-state index is 10.7. The van der Waals surface area contributed by atoms with Crippen LogP contribution >= 0.6 is 11.8 Å². The van der Waals surface area contributed by atoms with E-state index in [2.05, 4.69) is 15.0 Å². The zero-order valence-electron chi connectivity index (χ0n) is 15.9. The number of pyridine rings is 1. The Morgan fingerprint density at radius 2 is 1.90 bits per heavy atom. The van der Waals surface area contributed by atoms with Crippen molar-refractivity contribution in [1.82, 2.24) is 19.5 Å². The lowest BCUT2D eigenvalue weighted by molar-refractivity contribution is 0.0332. The number of hydrogen-bond donors (Lipinski definition) is 4. The molecule has 5 rings (SSSR count). The molecule has 2 unspecified atom stereocenters. The fraction of sp³-hybridized carbons (Fsp3) is 0.190. The first-order chi connectivity index (χ1) is 14.5. The summed E-state index contributed by atoms with van der Waals surface area (Å²) in [6.45, 7) is 0. The highest BCUT2D eigenvalue weighted by Crippen LogP contribution is 2.35. The molecule has 0 saturated carbocycles. The van der Waals surface area contributed by atoms with Gasteiger partial charge in [0.2, 0.25) is 0 Å². The van der Waals surface area contributed by atoms with Gasteiger partial charge in [-0.2, -0.15) is 0 Å². The third kappa shape index (κ3) is 3.17. The summed E-state index contributed by atoms with van der Waals surface area (Å²) in [5.41, 5.74) is 13.9. The topological polar surface area (TPSA) is 136 Å². The molecule has 0 fully saturated rings. The minimum atomic E-state index is -0.967. The Balaban J connectivity index is 1.40. The molecule has 0 spiro atoms. The Bertz CT molecular complexity index is 1290. The molecule has 0 radical (unpaired) electrons. The van der Waals surface area contributed by atoms with Gasteiger partial charge in [0.05, 0.1) is 16.9 Å². The van der Waals surface area contributed by atoms with Gasteiger partial charge in [-0.1, -0.05) is 12.1 Å². The van der Waals surface area contributed by atoms with E-state index in [-0.39, 0.29) is 0 Å². The van der Waals surface area contributed by atoms with Gasteiger partial charge in [0, 0.05) is 22.2 Å². The highest BCUT2D eigenvalue weighted by Gasteiger charge is 2.36. The van der Waals surface area contributed by atoms with Crippen molar-refractivity contribution < 1.29 is 10.2 Å². The van der Waals surface area contributed by atoms with E-state index in [1.807, 2.05) is 47.2 Å². The first-order valence-corrected chi connectivity index (χ1v) is 10.4. The predicted octanol–water partition coefficient (Wildman–Crippen LogP) is 2.14. The number of fused-ring (bicyclic) bond motifs is 2. The number of aliphatic hydroxyl groups is 2. The van der Waals surface area contributed by atoms with Crippen LogP contribution < -0.4 is 11.5 Å². The third-order valence-corrected chi connectivity index (χ3v) is 6.45. The number of nitrogen functional groups attached to an aromatic ring is 2. The van der Waals surface area contributed by atoms with Crippen molar-refractivity contribution in [2.24, 2.45) is 0 Å². The number of thioether (sulfide) groups is 1. The molecule has 0 saturated heterocycles. The summed E-state index contributed by atoms with van der Waals surface area (Å²) in [6, 6.07) is 11.1. The summed E-state index contributed by atoms with van der Waals surface area (Å²) < 4.78 is 1.82. The van der Waals surface area contributed by atoms with E-state index in [4.69, 9.17) is 11.5 Å². The van der Waals surface area contributed by atoms with E-state index >= 15 is 0 Å². The second-order valence-electron chi connectivity index (χ2n) is 7.27. The van der Waals surface area contributed by atoms with Crippen LogP contribution in [0.1, 0.15) is 6.04 Å². The van der Waals surface area contributed by atoms with Crippen molar-refractivity contribution in [3.05, 3.63) is 60.6 Å². The van der Waals surface area contributed by atoms with Crippen LogP contribution in [0.4, 0.5) is 11.6 Å². The molecule has 1 aliphatic carbocycles. The van der Waals surface area contributed by atoms with E-state index in [1.165, 1.54) is 6.33 Å². The Kier molecular flexibility index (Phi) is 4.58. The minimum Gasteiger partial charge on any atom is -0.388 e. The minimum absolute atomic E-state index is 0.386. The monoisotopic (exact) mass is 420 g/mol. The number of nitrogens with zero attached hydrogens (tertiary/aromatic N) is 4. The molecule has 0 bridgehead atoms. The van der Waals surface area contributed by atoms with Crippen molar-refractivity contribution in [3.63, 3.8) is 0 Å². The zero-order valence-corrected chi connectivity index (χ0v) is 16.7. The van der Waals surface area contributed by atoms with Crippen LogP contribution in [-0.2, 0) is 0 Å². The molecule has 0 amide bonds. The molecule has 30 heavy (non-hydrogen) atoms. The summed E-state index contributed by atoms with van der Waals surface area (Å²) in [4.78, 5) is 13.7. The van der Waals surface area contributed by atoms with Crippen molar-refractivity contribution in [2.45, 2.75) is 23.1 Å². The highest BCUT2D eigenvalue weighted by molar-refractivity contribution is 7.99. The van der Waals surface area contributed by atoms with Crippen LogP contribution in [0, 0.1) is 0 Å². The molecule has 3 heterocycles. The lowest BCUT2D eigenvalue weighted by atomic mass is 10.1. The van der Waals surface area contributed by atoms with E-state index in [0.29, 0.717) is 23.0 Å². The molecule has 9 heteroatoms. The van der Waals surface area contributed by atoms with Gasteiger partial charge in [-0.3, -0.25) is 0 Å². The summed E-state index contributed by atoms with van der Waals surface area (Å²) in [5.74, 6) is 1.41. The van der Waals surface area contributed by atoms with Crippen molar-refractivity contribution in [3.8, 4) is 0 Å². The normalized spacial score (nSPS) is 21.4. The van der Waals surface area contributed by atoms with Gasteiger partial charge in [0.25, 0.3) is 0 Å². The first kappa shape index (κ1) is 18.9. The van der Waals surface area contributed by atoms with Gasteiger partial charge >= 0.3 is 0 Å². The van der Waals surface area contributed by atoms with Crippen molar-refractivity contribution in [1.29, 1.82) is 0 Å². The number of aromatic nitrogens is 4. The second-order valence-corrected chi connectivity index (χ2v) is 8.31. The van der Waals surface area contributed by atoms with Gasteiger partial charge in [-0.25, -0.2) is 15.0 Å². The largest absolute Gasteiger partial charge is 0.388 e. The SMILES string of the molecule is Nc1ccc2ccc(SCC3=CC(n4ccc5c(N)ncnc54)[C@@H](O)C3O)cc2n1. The molecule has 1 aromatic carbocycles. The number of nitrogens with two attached hydrogens (primary N) is 2. The maximum atomic E-state index is 10.7. The highest BCUT2D eigenvalue weighted by atomic mass is 32.2. The Hall–Kier alpha value is -3.14. The zero-order chi connectivity index (χ0) is 20.8. The number of rotatable bonds is 4. The van der Waals surface area contributed by atoms with Crippen molar-refractivity contribution in [2.75, 3.05) is 17.2 Å². The fourth-order valence-electron chi connectivity index (χ4n) is 3.80. The molecule has 8 nitrogen and oxygen atoms in total. The standard InChI is InChI=1S/C21H20N6O2S/c22-17-4-2-11-1-3-13(8-15(11)26-17)30-9-12-7-16(19(29)18(12)28)27-6-5-14-20(23)24-10-25-21(14)27/h1-8,10,16,18-19,28-29H,9H2,(H2,22,26)(H2,23,24,25)/t16?,18?,19-/m1/s1. The molecule has 152 valence electrons. The van der Waals surface area contributed by atoms with Gasteiger partial charge < -0.3 is 26.2 Å². The first-order valence-electron chi connectivity index (χ1n) is 9.44. The molecular weight excluding hydrogens is 400 g/mol. The average Bonchev–Trinajstić information content (AvgIpc) is 3.29. The molecule has 0 aliphatic heterocycles. The summed E-state index contributed by atoms with van der Waals surface area (Å²) in [5, 5.41) is 23.0. The Morgan fingerprint density at radius 3 is 2.77 bits per heavy atom. The van der Waals surface area contributed by atoms with Crippen LogP contribution in [0.5, 0.6) is 0 Å². The van der Waals surface area contributed by atoms with Crippen molar-refractivity contribution >= 4 is 45.3 Å². The Labute approximate surface area is 176 Å². The maximum Gasteiger partial charge on any atom is 0.146 e. The van der Waals surface area contributed by atoms with Crippen LogP contribution in [0.25, 0.3) is 21.9 Å². The van der Waals surface area contributed by atoms with Crippen LogP contribution in [0.15, 0.2) is 65.5 Å². The van der Waals surface area contributed by atoms with Crippen LogP contribution in [0.2, 0.25) is 0 Å². The molecule has 3 aromatic heterocycles. The Morgan fingerprint density at radius 1 is 1.07 bits per heavy atom. The average molecular weight is 420 g/mol. The number of benzene rings is 1. The van der Waals surface area contributed by atoms with Gasteiger partial charge in [0.15, 0.2) is 0 Å². The molecule has 6 N–H and O–H groups in total. The molecule has 3 atom stereocenters. The van der Waals surface area contributed by atoms with Gasteiger partial charge in [-0.15, -0.1) is 11.8 Å². The smallest absolute Gasteiger partial charge is 0.146 e. The third-order valence-electron chi connectivity index (χ3n) is 5.39. The molecule has 4 aromatic rings. The molecule has 1 aliphatic rings.